The standard InChI is InChI=1S/C27H42N8O3/c1-17(2)22-15-28-26-25(30-24(18(3)4)31-35(22)26)29-20-10-13-34(27(37)38)21(14-20)19-9-12-33(16-19)23(36)8-7-11-32(5)6/h7-8,15,17-21H,9-14,16H2,1-6H3,(H,37,38)(H,29,30,31)/b8-7+. The van der Waals surface area contributed by atoms with Gasteiger partial charge in [-0.25, -0.2) is 19.3 Å². The van der Waals surface area contributed by atoms with Crippen molar-refractivity contribution in [2.45, 2.75) is 70.9 Å². The number of imidazole rings is 1. The normalized spacial score (nSPS) is 22.5. The Kier molecular flexibility index (Phi) is 8.54. The van der Waals surface area contributed by atoms with Crippen molar-refractivity contribution >= 4 is 23.5 Å². The minimum absolute atomic E-state index is 0.00781. The number of anilines is 1. The minimum atomic E-state index is -0.898. The van der Waals surface area contributed by atoms with Crippen LogP contribution in [0.1, 0.15) is 70.3 Å². The molecule has 0 radical (unpaired) electrons. The van der Waals surface area contributed by atoms with E-state index in [-0.39, 0.29) is 35.7 Å². The number of amides is 2. The van der Waals surface area contributed by atoms with Gasteiger partial charge in [-0.2, -0.15) is 5.10 Å². The molecule has 0 spiro atoms. The maximum absolute atomic E-state index is 12.7. The average Bonchev–Trinajstić information content (AvgIpc) is 3.51. The number of aromatic nitrogens is 4. The summed E-state index contributed by atoms with van der Waals surface area (Å²) in [4.78, 5) is 39.7. The van der Waals surface area contributed by atoms with Crippen molar-refractivity contribution < 1.29 is 14.7 Å². The van der Waals surface area contributed by atoms with Crippen LogP contribution in [0.4, 0.5) is 10.6 Å². The van der Waals surface area contributed by atoms with Gasteiger partial charge in [0.2, 0.25) is 5.91 Å². The van der Waals surface area contributed by atoms with E-state index in [0.29, 0.717) is 50.5 Å². The number of carbonyl (C=O) groups excluding carboxylic acids is 1. The molecular formula is C27H42N8O3. The van der Waals surface area contributed by atoms with E-state index in [0.717, 1.165) is 17.9 Å². The third-order valence-corrected chi connectivity index (χ3v) is 7.56. The molecular weight excluding hydrogens is 484 g/mol. The number of rotatable bonds is 8. The molecule has 3 unspecified atom stereocenters. The topological polar surface area (TPSA) is 119 Å². The molecule has 0 saturated carbocycles. The zero-order chi connectivity index (χ0) is 27.6. The molecule has 3 atom stereocenters. The maximum atomic E-state index is 12.7. The fourth-order valence-electron chi connectivity index (χ4n) is 5.43. The Morgan fingerprint density at radius 2 is 1.95 bits per heavy atom. The predicted molar refractivity (Wildman–Crippen MR) is 147 cm³/mol. The molecule has 11 heteroatoms. The summed E-state index contributed by atoms with van der Waals surface area (Å²) >= 11 is 0. The molecule has 4 heterocycles. The highest BCUT2D eigenvalue weighted by atomic mass is 16.4. The van der Waals surface area contributed by atoms with Crippen LogP contribution < -0.4 is 5.32 Å². The van der Waals surface area contributed by atoms with Gasteiger partial charge in [-0.15, -0.1) is 0 Å². The predicted octanol–water partition coefficient (Wildman–Crippen LogP) is 3.26. The summed E-state index contributed by atoms with van der Waals surface area (Å²) in [5.41, 5.74) is 1.72. The van der Waals surface area contributed by atoms with Crippen molar-refractivity contribution in [1.82, 2.24) is 34.3 Å². The number of carboxylic acid groups (broad SMARTS) is 1. The second-order valence-corrected chi connectivity index (χ2v) is 11.5. The van der Waals surface area contributed by atoms with Crippen LogP contribution in [0.2, 0.25) is 0 Å². The molecule has 2 saturated heterocycles. The van der Waals surface area contributed by atoms with Gasteiger partial charge in [0.25, 0.3) is 0 Å². The first-order valence-electron chi connectivity index (χ1n) is 13.7. The van der Waals surface area contributed by atoms with Crippen molar-refractivity contribution in [3.63, 3.8) is 0 Å². The minimum Gasteiger partial charge on any atom is -0.465 e. The molecule has 38 heavy (non-hydrogen) atoms. The van der Waals surface area contributed by atoms with Crippen molar-refractivity contribution in [1.29, 1.82) is 0 Å². The molecule has 2 fully saturated rings. The molecule has 2 amide bonds. The summed E-state index contributed by atoms with van der Waals surface area (Å²) < 4.78 is 1.89. The molecule has 11 nitrogen and oxygen atoms in total. The van der Waals surface area contributed by atoms with Crippen LogP contribution in [0.3, 0.4) is 0 Å². The number of piperidine rings is 1. The van der Waals surface area contributed by atoms with E-state index in [1.807, 2.05) is 40.7 Å². The first kappa shape index (κ1) is 27.8. The maximum Gasteiger partial charge on any atom is 0.407 e. The number of hydrogen-bond donors (Lipinski definition) is 2. The van der Waals surface area contributed by atoms with Crippen LogP contribution >= 0.6 is 0 Å². The van der Waals surface area contributed by atoms with Gasteiger partial charge in [0.15, 0.2) is 17.3 Å². The number of fused-ring (bicyclic) bond motifs is 1. The molecule has 0 aliphatic carbocycles. The first-order valence-corrected chi connectivity index (χ1v) is 13.7. The van der Waals surface area contributed by atoms with Crippen LogP contribution in [0, 0.1) is 5.92 Å². The van der Waals surface area contributed by atoms with E-state index in [1.54, 1.807) is 11.0 Å². The van der Waals surface area contributed by atoms with Crippen LogP contribution in [0.15, 0.2) is 18.3 Å². The molecule has 2 aliphatic rings. The number of nitrogens with one attached hydrogen (secondary N) is 1. The highest BCUT2D eigenvalue weighted by Gasteiger charge is 2.40. The van der Waals surface area contributed by atoms with Gasteiger partial charge in [0.1, 0.15) is 0 Å². The highest BCUT2D eigenvalue weighted by molar-refractivity contribution is 5.87. The third-order valence-electron chi connectivity index (χ3n) is 7.56. The van der Waals surface area contributed by atoms with Gasteiger partial charge in [-0.05, 0) is 45.2 Å². The average molecular weight is 527 g/mol. The number of likely N-dealkylation sites (N-methyl/N-ethyl adjacent to an activating group) is 1. The summed E-state index contributed by atoms with van der Waals surface area (Å²) in [5.74, 6) is 1.94. The Labute approximate surface area is 224 Å². The quantitative estimate of drug-likeness (QED) is 0.503. The van der Waals surface area contributed by atoms with Crippen LogP contribution in [-0.2, 0) is 4.79 Å². The van der Waals surface area contributed by atoms with E-state index < -0.39 is 6.09 Å². The lowest BCUT2D eigenvalue weighted by molar-refractivity contribution is -0.125. The van der Waals surface area contributed by atoms with Crippen LogP contribution in [-0.4, -0.2) is 104 Å². The second-order valence-electron chi connectivity index (χ2n) is 11.5. The summed E-state index contributed by atoms with van der Waals surface area (Å²) in [6.45, 7) is 10.7. The lowest BCUT2D eigenvalue weighted by atomic mass is 9.87. The Morgan fingerprint density at radius 1 is 1.18 bits per heavy atom. The van der Waals surface area contributed by atoms with E-state index in [4.69, 9.17) is 10.1 Å². The first-order chi connectivity index (χ1) is 18.0. The summed E-state index contributed by atoms with van der Waals surface area (Å²) in [5, 5.41) is 18.3. The molecule has 208 valence electrons. The highest BCUT2D eigenvalue weighted by Crippen LogP contribution is 2.32. The zero-order valence-corrected chi connectivity index (χ0v) is 23.5. The Balaban J connectivity index is 1.52. The van der Waals surface area contributed by atoms with Gasteiger partial charge in [0, 0.05) is 50.3 Å². The number of hydrogen-bond acceptors (Lipinski definition) is 7. The summed E-state index contributed by atoms with van der Waals surface area (Å²) in [6, 6.07) is -0.131. The van der Waals surface area contributed by atoms with E-state index >= 15 is 0 Å². The SMILES string of the molecule is CC(C)c1nc(NC2CCN(C(=O)O)C(C3CCN(C(=O)/C=C/CN(C)C)C3)C2)c2ncc(C(C)C)n2n1. The van der Waals surface area contributed by atoms with Gasteiger partial charge < -0.3 is 25.1 Å². The van der Waals surface area contributed by atoms with E-state index in [2.05, 4.69) is 38.0 Å². The third kappa shape index (κ3) is 6.09. The Bertz CT molecular complexity index is 1170. The molecule has 2 aromatic rings. The van der Waals surface area contributed by atoms with Gasteiger partial charge in [-0.1, -0.05) is 33.8 Å². The summed E-state index contributed by atoms with van der Waals surface area (Å²) in [7, 11) is 3.92. The molecule has 2 aromatic heterocycles. The van der Waals surface area contributed by atoms with Crippen molar-refractivity contribution in [2.75, 3.05) is 45.6 Å². The van der Waals surface area contributed by atoms with E-state index in [1.165, 1.54) is 0 Å². The second kappa shape index (κ2) is 11.7. The zero-order valence-electron chi connectivity index (χ0n) is 23.5. The fourth-order valence-corrected chi connectivity index (χ4v) is 5.43. The van der Waals surface area contributed by atoms with Crippen molar-refractivity contribution in [3.8, 4) is 0 Å². The molecule has 0 bridgehead atoms. The largest absolute Gasteiger partial charge is 0.465 e. The molecule has 2 aliphatic heterocycles. The van der Waals surface area contributed by atoms with Gasteiger partial charge in [-0.3, -0.25) is 4.79 Å². The van der Waals surface area contributed by atoms with Crippen LogP contribution in [0.25, 0.3) is 5.65 Å². The lowest BCUT2D eigenvalue weighted by Crippen LogP contribution is -2.52. The van der Waals surface area contributed by atoms with Crippen molar-refractivity contribution in [2.24, 2.45) is 5.92 Å². The molecule has 4 rings (SSSR count). The monoisotopic (exact) mass is 526 g/mol. The Hall–Kier alpha value is -3.21. The van der Waals surface area contributed by atoms with E-state index in [9.17, 15) is 14.7 Å². The molecule has 2 N–H and O–H groups in total. The molecule has 0 aromatic carbocycles. The number of nitrogens with zero attached hydrogens (tertiary/aromatic N) is 7. The van der Waals surface area contributed by atoms with Crippen LogP contribution in [0.5, 0.6) is 0 Å². The smallest absolute Gasteiger partial charge is 0.407 e. The lowest BCUT2D eigenvalue weighted by Gasteiger charge is -2.41. The van der Waals surface area contributed by atoms with Crippen molar-refractivity contribution in [3.05, 3.63) is 29.9 Å². The number of likely N-dealkylation sites (tertiary alicyclic amines) is 2. The fraction of sp³-hybridized carbons (Fsp3) is 0.667. The van der Waals surface area contributed by atoms with Gasteiger partial charge >= 0.3 is 6.09 Å². The summed E-state index contributed by atoms with van der Waals surface area (Å²) in [6.07, 6.45) is 6.58. The van der Waals surface area contributed by atoms with Gasteiger partial charge in [0.05, 0.1) is 11.9 Å². The Morgan fingerprint density at radius 3 is 2.61 bits per heavy atom. The number of carbonyl (C=O) groups is 2.